The van der Waals surface area contributed by atoms with Gasteiger partial charge < -0.3 is 25.6 Å². The highest BCUT2D eigenvalue weighted by molar-refractivity contribution is 6.00. The minimum Gasteiger partial charge on any atom is -0.496 e. The molecule has 2 aromatic carbocycles. The third-order valence-corrected chi connectivity index (χ3v) is 5.48. The molecule has 10 heteroatoms. The molecule has 0 aliphatic carbocycles. The molecule has 8 nitrogen and oxygen atoms in total. The fourth-order valence-electron chi connectivity index (χ4n) is 3.82. The second-order valence-corrected chi connectivity index (χ2v) is 7.56. The van der Waals surface area contributed by atoms with Gasteiger partial charge in [-0.1, -0.05) is 29.4 Å². The van der Waals surface area contributed by atoms with E-state index >= 15 is 0 Å². The lowest BCUT2D eigenvalue weighted by atomic mass is 10.1. The number of hydrogen-bond acceptors (Lipinski definition) is 5. The van der Waals surface area contributed by atoms with Crippen molar-refractivity contribution in [3.05, 3.63) is 95.4 Å². The first-order valence-corrected chi connectivity index (χ1v) is 10.5. The Kier molecular flexibility index (Phi) is 9.93. The summed E-state index contributed by atoms with van der Waals surface area (Å²) < 4.78 is 7.47. The van der Waals surface area contributed by atoms with Gasteiger partial charge in [-0.2, -0.15) is 0 Å². The predicted molar refractivity (Wildman–Crippen MR) is 141 cm³/mol. The van der Waals surface area contributed by atoms with Gasteiger partial charge in [0.15, 0.2) is 5.84 Å². The molecule has 0 radical (unpaired) electrons. The van der Waals surface area contributed by atoms with Crippen LogP contribution in [0.1, 0.15) is 27.2 Å². The maximum atomic E-state index is 13.2. The van der Waals surface area contributed by atoms with Crippen LogP contribution in [0.25, 0.3) is 10.9 Å². The van der Waals surface area contributed by atoms with Gasteiger partial charge in [-0.15, -0.1) is 24.8 Å². The van der Waals surface area contributed by atoms with Gasteiger partial charge in [0.05, 0.1) is 12.6 Å². The van der Waals surface area contributed by atoms with Crippen LogP contribution in [0.3, 0.4) is 0 Å². The normalized spacial score (nSPS) is 10.8. The van der Waals surface area contributed by atoms with Crippen LogP contribution in [0.15, 0.2) is 78.2 Å². The second kappa shape index (κ2) is 12.6. The van der Waals surface area contributed by atoms with Gasteiger partial charge in [0.2, 0.25) is 0 Å². The number of hydrogen-bond donors (Lipinski definition) is 3. The lowest BCUT2D eigenvalue weighted by Crippen LogP contribution is -2.28. The van der Waals surface area contributed by atoms with Crippen LogP contribution in [0.5, 0.6) is 5.75 Å². The Hall–Kier alpha value is -3.75. The first kappa shape index (κ1) is 27.5. The fraction of sp³-hybridized carbons (Fsp3) is 0.160. The molecule has 0 saturated carbocycles. The summed E-state index contributed by atoms with van der Waals surface area (Å²) in [4.78, 5) is 17.2. The van der Waals surface area contributed by atoms with Crippen molar-refractivity contribution in [1.82, 2.24) is 14.9 Å². The van der Waals surface area contributed by atoms with Crippen molar-refractivity contribution < 1.29 is 14.7 Å². The van der Waals surface area contributed by atoms with E-state index in [0.717, 1.165) is 22.0 Å². The zero-order chi connectivity index (χ0) is 23.2. The van der Waals surface area contributed by atoms with E-state index in [1.54, 1.807) is 25.6 Å². The number of fused-ring (bicyclic) bond motifs is 1. The van der Waals surface area contributed by atoms with Crippen LogP contribution in [0.2, 0.25) is 0 Å². The lowest BCUT2D eigenvalue weighted by molar-refractivity contribution is 0.0945. The summed E-state index contributed by atoms with van der Waals surface area (Å²) in [5.74, 6) is 0.558. The van der Waals surface area contributed by atoms with E-state index in [0.29, 0.717) is 36.5 Å². The summed E-state index contributed by atoms with van der Waals surface area (Å²) in [6, 6.07) is 18.8. The number of oxime groups is 1. The van der Waals surface area contributed by atoms with E-state index in [4.69, 9.17) is 15.7 Å². The summed E-state index contributed by atoms with van der Waals surface area (Å²) in [6.45, 7) is 0.927. The number of nitrogens with zero attached hydrogens (tertiary/aromatic N) is 3. The highest BCUT2D eigenvalue weighted by Crippen LogP contribution is 2.29. The van der Waals surface area contributed by atoms with E-state index < -0.39 is 0 Å². The third kappa shape index (κ3) is 6.23. The van der Waals surface area contributed by atoms with E-state index in [9.17, 15) is 4.79 Å². The van der Waals surface area contributed by atoms with Crippen molar-refractivity contribution in [1.29, 1.82) is 0 Å². The molecule has 4 aromatic rings. The standard InChI is InChI=1S/C25H25N5O3.2ClH/c1-33-23-7-3-6-21-20(23)15-22(25(31)28-13-10-17-8-11-27-12-9-17)30(21)16-18-4-2-5-19(14-18)24(26)29-32;;/h2-9,11-12,14-15,32H,10,13,16H2,1H3,(H2,26,29)(H,28,31);2*1H. The monoisotopic (exact) mass is 515 g/mol. The van der Waals surface area contributed by atoms with Crippen molar-refractivity contribution in [2.24, 2.45) is 10.9 Å². The van der Waals surface area contributed by atoms with Crippen molar-refractivity contribution in [3.8, 4) is 5.75 Å². The van der Waals surface area contributed by atoms with Crippen molar-refractivity contribution in [2.45, 2.75) is 13.0 Å². The Labute approximate surface area is 215 Å². The minimum atomic E-state index is -0.171. The van der Waals surface area contributed by atoms with E-state index in [1.165, 1.54) is 0 Å². The molecule has 0 spiro atoms. The summed E-state index contributed by atoms with van der Waals surface area (Å²) in [5.41, 5.74) is 9.77. The number of methoxy groups -OCH3 is 1. The largest absolute Gasteiger partial charge is 0.496 e. The number of carbonyl (C=O) groups excluding carboxylic acids is 1. The number of amidine groups is 1. The molecule has 0 atom stereocenters. The molecular weight excluding hydrogens is 489 g/mol. The van der Waals surface area contributed by atoms with Crippen LogP contribution in [-0.4, -0.2) is 40.2 Å². The Morgan fingerprint density at radius 3 is 2.54 bits per heavy atom. The molecule has 184 valence electrons. The smallest absolute Gasteiger partial charge is 0.267 e. The Morgan fingerprint density at radius 2 is 1.83 bits per heavy atom. The number of halogens is 2. The summed E-state index contributed by atoms with van der Waals surface area (Å²) in [6.07, 6.45) is 4.19. The van der Waals surface area contributed by atoms with Gasteiger partial charge in [-0.05, 0) is 53.9 Å². The molecule has 1 amide bonds. The van der Waals surface area contributed by atoms with Crippen LogP contribution in [0.4, 0.5) is 0 Å². The van der Waals surface area contributed by atoms with Gasteiger partial charge in [0, 0.05) is 36.4 Å². The number of nitrogens with two attached hydrogens (primary N) is 1. The van der Waals surface area contributed by atoms with Crippen LogP contribution in [0, 0.1) is 0 Å². The maximum Gasteiger partial charge on any atom is 0.267 e. The fourth-order valence-corrected chi connectivity index (χ4v) is 3.82. The number of rotatable bonds is 8. The van der Waals surface area contributed by atoms with Crippen LogP contribution in [-0.2, 0) is 13.0 Å². The second-order valence-electron chi connectivity index (χ2n) is 7.56. The van der Waals surface area contributed by atoms with Gasteiger partial charge >= 0.3 is 0 Å². The first-order chi connectivity index (χ1) is 16.1. The number of carbonyl (C=O) groups is 1. The van der Waals surface area contributed by atoms with Crippen molar-refractivity contribution in [3.63, 3.8) is 0 Å². The highest BCUT2D eigenvalue weighted by atomic mass is 35.5. The molecule has 0 unspecified atom stereocenters. The number of aromatic nitrogens is 2. The highest BCUT2D eigenvalue weighted by Gasteiger charge is 2.18. The van der Waals surface area contributed by atoms with Gasteiger partial charge in [0.25, 0.3) is 5.91 Å². The summed E-state index contributed by atoms with van der Waals surface area (Å²) in [5, 5.41) is 16.0. The SMILES string of the molecule is COc1cccc2c1cc(C(=O)NCCc1ccncc1)n2Cc1cccc(/C(N)=N/O)c1.Cl.Cl. The molecule has 4 rings (SSSR count). The predicted octanol–water partition coefficient (Wildman–Crippen LogP) is 4.00. The maximum absolute atomic E-state index is 13.2. The van der Waals surface area contributed by atoms with Gasteiger partial charge in [-0.3, -0.25) is 9.78 Å². The van der Waals surface area contributed by atoms with Crippen molar-refractivity contribution >= 4 is 47.5 Å². The topological polar surface area (TPSA) is 115 Å². The van der Waals surface area contributed by atoms with E-state index in [1.807, 2.05) is 59.2 Å². The zero-order valence-corrected chi connectivity index (χ0v) is 20.7. The number of pyridine rings is 1. The Balaban J connectivity index is 0.00000216. The lowest BCUT2D eigenvalue weighted by Gasteiger charge is -2.12. The molecule has 4 N–H and O–H groups in total. The van der Waals surface area contributed by atoms with E-state index in [2.05, 4.69) is 15.5 Å². The summed E-state index contributed by atoms with van der Waals surface area (Å²) >= 11 is 0. The zero-order valence-electron chi connectivity index (χ0n) is 19.0. The molecule has 2 aromatic heterocycles. The summed E-state index contributed by atoms with van der Waals surface area (Å²) in [7, 11) is 1.61. The number of amides is 1. The number of nitrogens with one attached hydrogen (secondary N) is 1. The molecule has 35 heavy (non-hydrogen) atoms. The van der Waals surface area contributed by atoms with Gasteiger partial charge in [-0.25, -0.2) is 0 Å². The molecule has 0 bridgehead atoms. The number of benzene rings is 2. The van der Waals surface area contributed by atoms with Crippen molar-refractivity contribution in [2.75, 3.05) is 13.7 Å². The molecule has 0 fully saturated rings. The van der Waals surface area contributed by atoms with E-state index in [-0.39, 0.29) is 36.6 Å². The molecule has 0 saturated heterocycles. The van der Waals surface area contributed by atoms with Crippen LogP contribution >= 0.6 is 24.8 Å². The molecular formula is C25H27Cl2N5O3. The average Bonchev–Trinajstić information content (AvgIpc) is 3.22. The van der Waals surface area contributed by atoms with Crippen LogP contribution < -0.4 is 15.8 Å². The Morgan fingerprint density at radius 1 is 1.09 bits per heavy atom. The third-order valence-electron chi connectivity index (χ3n) is 5.48. The molecule has 0 aliphatic rings. The quantitative estimate of drug-likeness (QED) is 0.142. The molecule has 0 aliphatic heterocycles. The minimum absolute atomic E-state index is 0. The average molecular weight is 516 g/mol. The first-order valence-electron chi connectivity index (χ1n) is 10.5. The Bertz CT molecular complexity index is 1310. The number of ether oxygens (including phenoxy) is 1. The van der Waals surface area contributed by atoms with Gasteiger partial charge in [0.1, 0.15) is 11.4 Å². The molecule has 2 heterocycles.